The minimum absolute atomic E-state index is 0.0952. The highest BCUT2D eigenvalue weighted by molar-refractivity contribution is 7.11. The van der Waals surface area contributed by atoms with Gasteiger partial charge >= 0.3 is 0 Å². The molecule has 1 aromatic heterocycles. The van der Waals surface area contributed by atoms with E-state index in [0.29, 0.717) is 6.61 Å². The van der Waals surface area contributed by atoms with E-state index in [9.17, 15) is 5.11 Å². The molecule has 1 N–H and O–H groups in total. The molecule has 0 amide bonds. The summed E-state index contributed by atoms with van der Waals surface area (Å²) in [5.41, 5.74) is 0.0952. The summed E-state index contributed by atoms with van der Waals surface area (Å²) < 4.78 is 0. The number of hydrogen-bond acceptors (Lipinski definition) is 4. The number of nitrogens with zero attached hydrogens (tertiary/aromatic N) is 2. The Morgan fingerprint density at radius 2 is 2.44 bits per heavy atom. The van der Waals surface area contributed by atoms with Crippen LogP contribution in [0, 0.1) is 12.3 Å². The molecule has 16 heavy (non-hydrogen) atoms. The molecule has 0 aliphatic carbocycles. The second-order valence-corrected chi connectivity index (χ2v) is 6.45. The zero-order valence-corrected chi connectivity index (χ0v) is 10.9. The van der Waals surface area contributed by atoms with Crippen LogP contribution in [0.1, 0.15) is 29.7 Å². The third-order valence-corrected chi connectivity index (χ3v) is 4.19. The fourth-order valence-electron chi connectivity index (χ4n) is 2.39. The van der Waals surface area contributed by atoms with E-state index in [-0.39, 0.29) is 5.41 Å². The van der Waals surface area contributed by atoms with Crippen LogP contribution in [-0.2, 0) is 6.54 Å². The lowest BCUT2D eigenvalue weighted by Gasteiger charge is -2.39. The van der Waals surface area contributed by atoms with Gasteiger partial charge in [-0.15, -0.1) is 11.3 Å². The van der Waals surface area contributed by atoms with E-state index in [1.165, 1.54) is 11.3 Å². The largest absolute Gasteiger partial charge is 0.396 e. The minimum atomic E-state index is 0.0952. The van der Waals surface area contributed by atoms with Crippen LogP contribution in [0.15, 0.2) is 6.20 Å². The summed E-state index contributed by atoms with van der Waals surface area (Å²) in [4.78, 5) is 8.05. The van der Waals surface area contributed by atoms with Crippen LogP contribution in [0.3, 0.4) is 0 Å². The monoisotopic (exact) mass is 240 g/mol. The molecule has 0 bridgehead atoms. The molecule has 1 aliphatic heterocycles. The maximum Gasteiger partial charge on any atom is 0.0897 e. The fourth-order valence-corrected chi connectivity index (χ4v) is 3.23. The van der Waals surface area contributed by atoms with Gasteiger partial charge in [-0.1, -0.05) is 6.92 Å². The third-order valence-electron chi connectivity index (χ3n) is 3.29. The molecule has 1 aromatic rings. The standard InChI is InChI=1S/C12H20N2OS/c1-10-13-6-11(16-10)7-14-5-3-4-12(2,8-14)9-15/h6,15H,3-5,7-9H2,1-2H3. The Hall–Kier alpha value is -0.450. The molecule has 2 rings (SSSR count). The molecule has 0 spiro atoms. The molecule has 1 fully saturated rings. The Bertz CT molecular complexity index is 353. The molecule has 0 saturated carbocycles. The van der Waals surface area contributed by atoms with Gasteiger partial charge in [-0.05, 0) is 26.3 Å². The van der Waals surface area contributed by atoms with Crippen LogP contribution < -0.4 is 0 Å². The van der Waals surface area contributed by atoms with Gasteiger partial charge in [-0.2, -0.15) is 0 Å². The van der Waals surface area contributed by atoms with Crippen LogP contribution in [0.2, 0.25) is 0 Å². The van der Waals surface area contributed by atoms with E-state index in [2.05, 4.69) is 16.8 Å². The van der Waals surface area contributed by atoms with Crippen molar-refractivity contribution in [1.29, 1.82) is 0 Å². The summed E-state index contributed by atoms with van der Waals surface area (Å²) in [6.07, 6.45) is 4.31. The first kappa shape index (κ1) is 12.0. The average Bonchev–Trinajstić information content (AvgIpc) is 2.64. The Kier molecular flexibility index (Phi) is 3.62. The SMILES string of the molecule is Cc1ncc(CN2CCCC(C)(CO)C2)s1. The molecule has 1 saturated heterocycles. The minimum Gasteiger partial charge on any atom is -0.396 e. The van der Waals surface area contributed by atoms with Crippen LogP contribution >= 0.6 is 11.3 Å². The van der Waals surface area contributed by atoms with Crippen molar-refractivity contribution in [2.75, 3.05) is 19.7 Å². The van der Waals surface area contributed by atoms with Gasteiger partial charge in [0, 0.05) is 36.2 Å². The van der Waals surface area contributed by atoms with E-state index < -0.39 is 0 Å². The molecule has 1 unspecified atom stereocenters. The van der Waals surface area contributed by atoms with Crippen LogP contribution in [0.5, 0.6) is 0 Å². The van der Waals surface area contributed by atoms with Crippen molar-refractivity contribution >= 4 is 11.3 Å². The van der Waals surface area contributed by atoms with E-state index >= 15 is 0 Å². The average molecular weight is 240 g/mol. The van der Waals surface area contributed by atoms with Gasteiger partial charge < -0.3 is 5.11 Å². The van der Waals surface area contributed by atoms with Crippen molar-refractivity contribution in [2.45, 2.75) is 33.2 Å². The van der Waals surface area contributed by atoms with Crippen molar-refractivity contribution in [3.8, 4) is 0 Å². The highest BCUT2D eigenvalue weighted by Gasteiger charge is 2.30. The van der Waals surface area contributed by atoms with Gasteiger partial charge in [0.2, 0.25) is 0 Å². The zero-order chi connectivity index (χ0) is 11.6. The molecular weight excluding hydrogens is 220 g/mol. The lowest BCUT2D eigenvalue weighted by atomic mass is 9.83. The second kappa shape index (κ2) is 4.82. The fraction of sp³-hybridized carbons (Fsp3) is 0.750. The van der Waals surface area contributed by atoms with E-state index in [1.54, 1.807) is 11.3 Å². The molecule has 1 atom stereocenters. The first-order valence-electron chi connectivity index (χ1n) is 5.86. The number of piperidine rings is 1. The lowest BCUT2D eigenvalue weighted by Crippen LogP contribution is -2.42. The number of rotatable bonds is 3. The van der Waals surface area contributed by atoms with Gasteiger partial charge in [0.1, 0.15) is 0 Å². The summed E-state index contributed by atoms with van der Waals surface area (Å²) in [6, 6.07) is 0. The summed E-state index contributed by atoms with van der Waals surface area (Å²) >= 11 is 1.77. The molecular formula is C12H20N2OS. The maximum atomic E-state index is 9.40. The predicted molar refractivity (Wildman–Crippen MR) is 66.6 cm³/mol. The molecule has 3 nitrogen and oxygen atoms in total. The third kappa shape index (κ3) is 2.81. The Morgan fingerprint density at radius 3 is 3.06 bits per heavy atom. The Balaban J connectivity index is 1.95. The number of aliphatic hydroxyl groups is 1. The molecule has 4 heteroatoms. The molecule has 0 radical (unpaired) electrons. The van der Waals surface area contributed by atoms with Crippen molar-refractivity contribution in [2.24, 2.45) is 5.41 Å². The second-order valence-electron chi connectivity index (χ2n) is 5.13. The van der Waals surface area contributed by atoms with Crippen LogP contribution in [0.25, 0.3) is 0 Å². The zero-order valence-electron chi connectivity index (χ0n) is 10.1. The lowest BCUT2D eigenvalue weighted by molar-refractivity contribution is 0.0434. The Labute approximate surface area is 101 Å². The van der Waals surface area contributed by atoms with E-state index in [1.807, 2.05) is 13.1 Å². The van der Waals surface area contributed by atoms with Crippen molar-refractivity contribution in [3.63, 3.8) is 0 Å². The first-order valence-corrected chi connectivity index (χ1v) is 6.67. The number of aliphatic hydroxyl groups excluding tert-OH is 1. The van der Waals surface area contributed by atoms with Gasteiger partial charge in [0.15, 0.2) is 0 Å². The smallest absolute Gasteiger partial charge is 0.0897 e. The van der Waals surface area contributed by atoms with Gasteiger partial charge in [-0.25, -0.2) is 4.98 Å². The molecule has 2 heterocycles. The van der Waals surface area contributed by atoms with Crippen LogP contribution in [-0.4, -0.2) is 34.7 Å². The van der Waals surface area contributed by atoms with Crippen molar-refractivity contribution in [3.05, 3.63) is 16.1 Å². The maximum absolute atomic E-state index is 9.40. The van der Waals surface area contributed by atoms with Gasteiger partial charge in [0.25, 0.3) is 0 Å². The number of thiazole rings is 1. The highest BCUT2D eigenvalue weighted by atomic mass is 32.1. The summed E-state index contributed by atoms with van der Waals surface area (Å²) in [5.74, 6) is 0. The normalized spacial score (nSPS) is 27.2. The molecule has 90 valence electrons. The van der Waals surface area contributed by atoms with E-state index in [0.717, 1.165) is 31.1 Å². The highest BCUT2D eigenvalue weighted by Crippen LogP contribution is 2.30. The molecule has 1 aliphatic rings. The van der Waals surface area contributed by atoms with Crippen LogP contribution in [0.4, 0.5) is 0 Å². The Morgan fingerprint density at radius 1 is 1.62 bits per heavy atom. The van der Waals surface area contributed by atoms with E-state index in [4.69, 9.17) is 0 Å². The first-order chi connectivity index (χ1) is 7.61. The topological polar surface area (TPSA) is 36.4 Å². The van der Waals surface area contributed by atoms with Crippen molar-refractivity contribution < 1.29 is 5.11 Å². The van der Waals surface area contributed by atoms with Crippen molar-refractivity contribution in [1.82, 2.24) is 9.88 Å². The quantitative estimate of drug-likeness (QED) is 0.878. The number of aromatic nitrogens is 1. The number of likely N-dealkylation sites (tertiary alicyclic amines) is 1. The number of hydrogen-bond donors (Lipinski definition) is 1. The summed E-state index contributed by atoms with van der Waals surface area (Å²) in [5, 5.41) is 10.5. The number of aryl methyl sites for hydroxylation is 1. The molecule has 0 aromatic carbocycles. The predicted octanol–water partition coefficient (Wildman–Crippen LogP) is 2.05. The van der Waals surface area contributed by atoms with Gasteiger partial charge in [-0.3, -0.25) is 4.90 Å². The summed E-state index contributed by atoms with van der Waals surface area (Å²) in [6.45, 7) is 7.65. The van der Waals surface area contributed by atoms with Gasteiger partial charge in [0.05, 0.1) is 5.01 Å². The summed E-state index contributed by atoms with van der Waals surface area (Å²) in [7, 11) is 0.